The normalized spacial score (nSPS) is 10.7. The molecule has 0 aliphatic carbocycles. The molecule has 0 aliphatic rings. The molecule has 0 spiro atoms. The predicted octanol–water partition coefficient (Wildman–Crippen LogP) is 2.02. The van der Waals surface area contributed by atoms with Crippen molar-refractivity contribution in [3.8, 4) is 0 Å². The first-order valence-corrected chi connectivity index (χ1v) is 6.98. The summed E-state index contributed by atoms with van der Waals surface area (Å²) >= 11 is 0. The summed E-state index contributed by atoms with van der Waals surface area (Å²) in [6, 6.07) is 9.33. The Hall–Kier alpha value is -2.28. The van der Waals surface area contributed by atoms with Crippen molar-refractivity contribution in [2.75, 3.05) is 13.1 Å². The molecule has 1 rings (SSSR count). The van der Waals surface area contributed by atoms with Crippen molar-refractivity contribution in [1.29, 1.82) is 0 Å². The van der Waals surface area contributed by atoms with Crippen molar-refractivity contribution < 1.29 is 19.1 Å². The predicted molar refractivity (Wildman–Crippen MR) is 81.8 cm³/mol. The number of hydrazine groups is 1. The second-order valence-electron chi connectivity index (χ2n) is 5.66. The third-order valence-electron chi connectivity index (χ3n) is 2.46. The summed E-state index contributed by atoms with van der Waals surface area (Å²) in [5.74, 6) is 5.54. The molecule has 122 valence electrons. The largest absolute Gasteiger partial charge is 0.445 e. The number of nitrogens with two attached hydrogens (primary N) is 1. The van der Waals surface area contributed by atoms with Crippen molar-refractivity contribution in [1.82, 2.24) is 10.3 Å². The molecule has 0 aliphatic heterocycles. The Morgan fingerprint density at radius 1 is 1.23 bits per heavy atom. The van der Waals surface area contributed by atoms with Gasteiger partial charge in [0, 0.05) is 6.54 Å². The molecule has 2 amide bonds. The van der Waals surface area contributed by atoms with E-state index in [0.29, 0.717) is 0 Å². The fourth-order valence-corrected chi connectivity index (χ4v) is 1.46. The van der Waals surface area contributed by atoms with Gasteiger partial charge in [-0.05, 0) is 26.3 Å². The number of carbonyl (C=O) groups excluding carboxylic acids is 2. The standard InChI is InChI=1S/C15H23N3O4/c1-15(2,3)22-14(20)18(16)10-9-17-13(19)21-11-12-7-5-4-6-8-12/h4-8H,9-11,16H2,1-3H3,(H,17,19). The minimum atomic E-state index is -0.646. The van der Waals surface area contributed by atoms with Gasteiger partial charge in [-0.25, -0.2) is 20.4 Å². The van der Waals surface area contributed by atoms with E-state index in [0.717, 1.165) is 10.6 Å². The second kappa shape index (κ2) is 8.23. The van der Waals surface area contributed by atoms with E-state index in [1.54, 1.807) is 20.8 Å². The van der Waals surface area contributed by atoms with Crippen LogP contribution in [-0.2, 0) is 16.1 Å². The van der Waals surface area contributed by atoms with Gasteiger partial charge in [0.2, 0.25) is 0 Å². The summed E-state index contributed by atoms with van der Waals surface area (Å²) in [5, 5.41) is 3.42. The van der Waals surface area contributed by atoms with Crippen LogP contribution < -0.4 is 11.2 Å². The molecule has 0 heterocycles. The average Bonchev–Trinajstić information content (AvgIpc) is 2.44. The molecule has 7 heteroatoms. The average molecular weight is 309 g/mol. The third kappa shape index (κ3) is 7.49. The fraction of sp³-hybridized carbons (Fsp3) is 0.467. The number of alkyl carbamates (subject to hydrolysis) is 1. The Kier molecular flexibility index (Phi) is 6.65. The summed E-state index contributed by atoms with van der Waals surface area (Å²) in [4.78, 5) is 23.1. The Morgan fingerprint density at radius 3 is 2.45 bits per heavy atom. The molecule has 7 nitrogen and oxygen atoms in total. The Labute approximate surface area is 130 Å². The van der Waals surface area contributed by atoms with Crippen LogP contribution in [0.1, 0.15) is 26.3 Å². The second-order valence-corrected chi connectivity index (χ2v) is 5.66. The van der Waals surface area contributed by atoms with Crippen LogP contribution in [0, 0.1) is 0 Å². The zero-order chi connectivity index (χ0) is 16.6. The lowest BCUT2D eigenvalue weighted by molar-refractivity contribution is 0.0248. The van der Waals surface area contributed by atoms with E-state index in [4.69, 9.17) is 15.3 Å². The third-order valence-corrected chi connectivity index (χ3v) is 2.46. The van der Waals surface area contributed by atoms with E-state index < -0.39 is 17.8 Å². The Balaban J connectivity index is 2.20. The number of amides is 2. The number of hydrogen-bond acceptors (Lipinski definition) is 5. The van der Waals surface area contributed by atoms with Crippen molar-refractivity contribution in [2.24, 2.45) is 5.84 Å². The van der Waals surface area contributed by atoms with Gasteiger partial charge >= 0.3 is 12.2 Å². The number of hydrogen-bond donors (Lipinski definition) is 2. The summed E-state index contributed by atoms with van der Waals surface area (Å²) < 4.78 is 10.1. The van der Waals surface area contributed by atoms with Crippen LogP contribution in [0.2, 0.25) is 0 Å². The maximum atomic E-state index is 11.6. The van der Waals surface area contributed by atoms with Crippen LogP contribution in [0.5, 0.6) is 0 Å². The van der Waals surface area contributed by atoms with Crippen molar-refractivity contribution in [3.05, 3.63) is 35.9 Å². The lowest BCUT2D eigenvalue weighted by atomic mass is 10.2. The summed E-state index contributed by atoms with van der Waals surface area (Å²) in [6.07, 6.45) is -1.21. The topological polar surface area (TPSA) is 93.9 Å². The molecule has 0 saturated heterocycles. The number of nitrogens with zero attached hydrogens (tertiary/aromatic N) is 1. The van der Waals surface area contributed by atoms with Crippen LogP contribution in [0.4, 0.5) is 9.59 Å². The highest BCUT2D eigenvalue weighted by Gasteiger charge is 2.19. The zero-order valence-corrected chi connectivity index (χ0v) is 13.2. The van der Waals surface area contributed by atoms with Crippen molar-refractivity contribution in [2.45, 2.75) is 33.0 Å². The lowest BCUT2D eigenvalue weighted by Crippen LogP contribution is -2.45. The lowest BCUT2D eigenvalue weighted by Gasteiger charge is -2.24. The summed E-state index contributed by atoms with van der Waals surface area (Å²) in [6.45, 7) is 5.72. The maximum Gasteiger partial charge on any atom is 0.424 e. The minimum Gasteiger partial charge on any atom is -0.445 e. The van der Waals surface area contributed by atoms with E-state index in [9.17, 15) is 9.59 Å². The van der Waals surface area contributed by atoms with E-state index in [-0.39, 0.29) is 19.7 Å². The van der Waals surface area contributed by atoms with Gasteiger partial charge < -0.3 is 14.8 Å². The van der Waals surface area contributed by atoms with E-state index in [1.807, 2.05) is 30.3 Å². The molecule has 0 unspecified atom stereocenters. The number of rotatable bonds is 5. The minimum absolute atomic E-state index is 0.120. The van der Waals surface area contributed by atoms with E-state index in [1.165, 1.54) is 0 Å². The fourth-order valence-electron chi connectivity index (χ4n) is 1.46. The molecule has 22 heavy (non-hydrogen) atoms. The van der Waals surface area contributed by atoms with Crippen LogP contribution in [0.25, 0.3) is 0 Å². The SMILES string of the molecule is CC(C)(C)OC(=O)N(N)CCNC(=O)OCc1ccccc1. The molecular weight excluding hydrogens is 286 g/mol. The summed E-state index contributed by atoms with van der Waals surface area (Å²) in [5.41, 5.74) is 0.281. The molecule has 0 atom stereocenters. The first kappa shape index (κ1) is 17.8. The molecule has 3 N–H and O–H groups in total. The van der Waals surface area contributed by atoms with Gasteiger partial charge in [0.05, 0.1) is 6.54 Å². The van der Waals surface area contributed by atoms with Crippen LogP contribution in [-0.4, -0.2) is 35.9 Å². The van der Waals surface area contributed by atoms with Crippen LogP contribution in [0.15, 0.2) is 30.3 Å². The van der Waals surface area contributed by atoms with Crippen LogP contribution >= 0.6 is 0 Å². The number of nitrogens with one attached hydrogen (secondary N) is 1. The van der Waals surface area contributed by atoms with E-state index >= 15 is 0 Å². The molecule has 0 fully saturated rings. The maximum absolute atomic E-state index is 11.6. The number of ether oxygens (including phenoxy) is 2. The molecule has 0 aromatic heterocycles. The molecule has 0 radical (unpaired) electrons. The molecular formula is C15H23N3O4. The van der Waals surface area contributed by atoms with Gasteiger partial charge in [-0.15, -0.1) is 0 Å². The quantitative estimate of drug-likeness (QED) is 0.493. The van der Waals surface area contributed by atoms with Crippen molar-refractivity contribution >= 4 is 12.2 Å². The molecule has 1 aromatic rings. The zero-order valence-electron chi connectivity index (χ0n) is 13.2. The molecule has 0 saturated carbocycles. The van der Waals surface area contributed by atoms with Crippen molar-refractivity contribution in [3.63, 3.8) is 0 Å². The van der Waals surface area contributed by atoms with Gasteiger partial charge in [-0.2, -0.15) is 0 Å². The van der Waals surface area contributed by atoms with Crippen LogP contribution in [0.3, 0.4) is 0 Å². The number of carbonyl (C=O) groups is 2. The summed E-state index contributed by atoms with van der Waals surface area (Å²) in [7, 11) is 0. The van der Waals surface area contributed by atoms with Gasteiger partial charge in [0.25, 0.3) is 0 Å². The molecule has 1 aromatic carbocycles. The highest BCUT2D eigenvalue weighted by atomic mass is 16.6. The van der Waals surface area contributed by atoms with Gasteiger partial charge in [0.15, 0.2) is 0 Å². The first-order chi connectivity index (χ1) is 10.3. The monoisotopic (exact) mass is 309 g/mol. The molecule has 0 bridgehead atoms. The van der Waals surface area contributed by atoms with E-state index in [2.05, 4.69) is 5.32 Å². The Bertz CT molecular complexity index is 485. The highest BCUT2D eigenvalue weighted by molar-refractivity contribution is 5.68. The first-order valence-electron chi connectivity index (χ1n) is 6.98. The van der Waals surface area contributed by atoms with Gasteiger partial charge in [0.1, 0.15) is 12.2 Å². The van der Waals surface area contributed by atoms with Gasteiger partial charge in [-0.3, -0.25) is 0 Å². The number of benzene rings is 1. The highest BCUT2D eigenvalue weighted by Crippen LogP contribution is 2.08. The smallest absolute Gasteiger partial charge is 0.424 e. The van der Waals surface area contributed by atoms with Gasteiger partial charge in [-0.1, -0.05) is 30.3 Å². The Morgan fingerprint density at radius 2 is 1.86 bits per heavy atom.